The standard InChI is InChI=1S/C18H28N2O2/c1-15(2)20(17-9-4-3-5-10-17)18(22)14-19-12-7-6-8-16(19)11-13-21/h3-5,9-10,15-16,21H,6-8,11-14H2,1-2H3. The van der Waals surface area contributed by atoms with Gasteiger partial charge in [-0.2, -0.15) is 0 Å². The molecule has 1 saturated heterocycles. The summed E-state index contributed by atoms with van der Waals surface area (Å²) in [5.74, 6) is 0.144. The van der Waals surface area contributed by atoms with Gasteiger partial charge in [0.25, 0.3) is 0 Å². The Morgan fingerprint density at radius 1 is 1.32 bits per heavy atom. The third-order valence-electron chi connectivity index (χ3n) is 4.37. The van der Waals surface area contributed by atoms with Gasteiger partial charge in [0, 0.05) is 24.4 Å². The predicted molar refractivity (Wildman–Crippen MR) is 90.0 cm³/mol. The lowest BCUT2D eigenvalue weighted by atomic mass is 9.99. The van der Waals surface area contributed by atoms with E-state index >= 15 is 0 Å². The van der Waals surface area contributed by atoms with Crippen molar-refractivity contribution >= 4 is 11.6 Å². The summed E-state index contributed by atoms with van der Waals surface area (Å²) in [7, 11) is 0. The van der Waals surface area contributed by atoms with Crippen LogP contribution in [0.25, 0.3) is 0 Å². The number of hydrogen-bond acceptors (Lipinski definition) is 3. The van der Waals surface area contributed by atoms with Crippen molar-refractivity contribution in [3.8, 4) is 0 Å². The Kier molecular flexibility index (Phi) is 6.40. The summed E-state index contributed by atoms with van der Waals surface area (Å²) in [6.45, 7) is 5.69. The molecule has 2 rings (SSSR count). The molecule has 1 heterocycles. The minimum absolute atomic E-state index is 0.135. The van der Waals surface area contributed by atoms with Crippen LogP contribution in [0.5, 0.6) is 0 Å². The number of hydrogen-bond donors (Lipinski definition) is 1. The SMILES string of the molecule is CC(C)N(C(=O)CN1CCCCC1CCO)c1ccccc1. The molecule has 1 unspecified atom stereocenters. The molecule has 1 aliphatic heterocycles. The summed E-state index contributed by atoms with van der Waals surface area (Å²) in [6, 6.07) is 10.3. The molecule has 1 aromatic carbocycles. The Bertz CT molecular complexity index is 459. The molecule has 22 heavy (non-hydrogen) atoms. The zero-order valence-electron chi connectivity index (χ0n) is 13.7. The van der Waals surface area contributed by atoms with E-state index in [1.165, 1.54) is 6.42 Å². The molecule has 1 fully saturated rings. The van der Waals surface area contributed by atoms with Gasteiger partial charge in [-0.3, -0.25) is 9.69 Å². The number of anilines is 1. The first-order valence-electron chi connectivity index (χ1n) is 8.35. The average molecular weight is 304 g/mol. The molecule has 0 radical (unpaired) electrons. The van der Waals surface area contributed by atoms with Crippen molar-refractivity contribution < 1.29 is 9.90 Å². The third kappa shape index (κ3) is 4.31. The highest BCUT2D eigenvalue weighted by molar-refractivity contribution is 5.95. The Labute approximate surface area is 133 Å². The Balaban J connectivity index is 2.07. The number of para-hydroxylation sites is 1. The number of likely N-dealkylation sites (tertiary alicyclic amines) is 1. The summed E-state index contributed by atoms with van der Waals surface area (Å²) in [5, 5.41) is 9.22. The van der Waals surface area contributed by atoms with Gasteiger partial charge in [-0.05, 0) is 51.8 Å². The highest BCUT2D eigenvalue weighted by Crippen LogP contribution is 2.21. The number of piperidine rings is 1. The molecule has 1 atom stereocenters. The summed E-state index contributed by atoms with van der Waals surface area (Å²) < 4.78 is 0. The predicted octanol–water partition coefficient (Wildman–Crippen LogP) is 2.66. The van der Waals surface area contributed by atoms with Crippen LogP contribution in [0, 0.1) is 0 Å². The zero-order chi connectivity index (χ0) is 15.9. The van der Waals surface area contributed by atoms with Gasteiger partial charge >= 0.3 is 0 Å². The molecule has 122 valence electrons. The summed E-state index contributed by atoms with van der Waals surface area (Å²) in [5.41, 5.74) is 0.957. The Morgan fingerprint density at radius 3 is 2.68 bits per heavy atom. The topological polar surface area (TPSA) is 43.8 Å². The van der Waals surface area contributed by atoms with E-state index in [1.807, 2.05) is 49.1 Å². The third-order valence-corrected chi connectivity index (χ3v) is 4.37. The van der Waals surface area contributed by atoms with Crippen LogP contribution in [0.15, 0.2) is 30.3 Å². The van der Waals surface area contributed by atoms with Gasteiger partial charge in [0.15, 0.2) is 0 Å². The van der Waals surface area contributed by atoms with Gasteiger partial charge in [0.2, 0.25) is 5.91 Å². The van der Waals surface area contributed by atoms with Crippen LogP contribution in [0.1, 0.15) is 39.5 Å². The van der Waals surface area contributed by atoms with Gasteiger partial charge in [0.05, 0.1) is 6.54 Å². The quantitative estimate of drug-likeness (QED) is 0.879. The average Bonchev–Trinajstić information content (AvgIpc) is 2.50. The molecule has 4 heteroatoms. The van der Waals surface area contributed by atoms with Gasteiger partial charge in [0.1, 0.15) is 0 Å². The number of rotatable bonds is 6. The van der Waals surface area contributed by atoms with E-state index in [2.05, 4.69) is 4.90 Å². The van der Waals surface area contributed by atoms with E-state index in [-0.39, 0.29) is 18.6 Å². The van der Waals surface area contributed by atoms with Crippen molar-refractivity contribution in [1.29, 1.82) is 0 Å². The molecule has 1 amide bonds. The first-order valence-corrected chi connectivity index (χ1v) is 8.35. The van der Waals surface area contributed by atoms with Crippen LogP contribution in [0.2, 0.25) is 0 Å². The number of carbonyl (C=O) groups excluding carboxylic acids is 1. The molecule has 0 aliphatic carbocycles. The first-order chi connectivity index (χ1) is 10.6. The van der Waals surface area contributed by atoms with E-state index in [4.69, 9.17) is 0 Å². The van der Waals surface area contributed by atoms with Gasteiger partial charge in [-0.25, -0.2) is 0 Å². The van der Waals surface area contributed by atoms with Crippen LogP contribution in [-0.2, 0) is 4.79 Å². The minimum atomic E-state index is 0.135. The van der Waals surface area contributed by atoms with Crippen molar-refractivity contribution in [1.82, 2.24) is 4.90 Å². The van der Waals surface area contributed by atoms with E-state index in [1.54, 1.807) is 0 Å². The molecule has 1 aliphatic rings. The lowest BCUT2D eigenvalue weighted by Gasteiger charge is -2.37. The number of carbonyl (C=O) groups is 1. The van der Waals surface area contributed by atoms with Gasteiger partial charge < -0.3 is 10.0 Å². The monoisotopic (exact) mass is 304 g/mol. The van der Waals surface area contributed by atoms with E-state index in [0.29, 0.717) is 12.6 Å². The largest absolute Gasteiger partial charge is 0.396 e. The Morgan fingerprint density at radius 2 is 2.05 bits per heavy atom. The number of nitrogens with zero attached hydrogens (tertiary/aromatic N) is 2. The van der Waals surface area contributed by atoms with Crippen LogP contribution in [-0.4, -0.2) is 47.7 Å². The van der Waals surface area contributed by atoms with E-state index in [9.17, 15) is 9.90 Å². The number of amides is 1. The van der Waals surface area contributed by atoms with Crippen LogP contribution < -0.4 is 4.90 Å². The fourth-order valence-corrected chi connectivity index (χ4v) is 3.31. The Hall–Kier alpha value is -1.39. The van der Waals surface area contributed by atoms with Crippen molar-refractivity contribution in [3.05, 3.63) is 30.3 Å². The molecule has 1 aromatic rings. The maximum atomic E-state index is 12.8. The van der Waals surface area contributed by atoms with Crippen LogP contribution >= 0.6 is 0 Å². The molecular weight excluding hydrogens is 276 g/mol. The molecule has 0 aromatic heterocycles. The molecular formula is C18H28N2O2. The second-order valence-corrected chi connectivity index (χ2v) is 6.33. The van der Waals surface area contributed by atoms with Crippen molar-refractivity contribution in [2.75, 3.05) is 24.6 Å². The molecule has 0 bridgehead atoms. The van der Waals surface area contributed by atoms with Crippen molar-refractivity contribution in [2.24, 2.45) is 0 Å². The molecule has 1 N–H and O–H groups in total. The van der Waals surface area contributed by atoms with Crippen molar-refractivity contribution in [3.63, 3.8) is 0 Å². The number of benzene rings is 1. The molecule has 0 saturated carbocycles. The van der Waals surface area contributed by atoms with E-state index in [0.717, 1.165) is 31.5 Å². The lowest BCUT2D eigenvalue weighted by molar-refractivity contribution is -0.121. The normalized spacial score (nSPS) is 19.4. The zero-order valence-corrected chi connectivity index (χ0v) is 13.7. The summed E-state index contributed by atoms with van der Waals surface area (Å²) >= 11 is 0. The second kappa shape index (κ2) is 8.30. The minimum Gasteiger partial charge on any atom is -0.396 e. The van der Waals surface area contributed by atoms with Crippen LogP contribution in [0.4, 0.5) is 5.69 Å². The van der Waals surface area contributed by atoms with E-state index < -0.39 is 0 Å². The lowest BCUT2D eigenvalue weighted by Crippen LogP contribution is -2.49. The first kappa shape index (κ1) is 17.0. The maximum Gasteiger partial charge on any atom is 0.241 e. The number of aliphatic hydroxyl groups excluding tert-OH is 1. The maximum absolute atomic E-state index is 12.8. The van der Waals surface area contributed by atoms with Gasteiger partial charge in [-0.1, -0.05) is 24.6 Å². The molecule has 0 spiro atoms. The van der Waals surface area contributed by atoms with Gasteiger partial charge in [-0.15, -0.1) is 0 Å². The summed E-state index contributed by atoms with van der Waals surface area (Å²) in [4.78, 5) is 17.0. The fraction of sp³-hybridized carbons (Fsp3) is 0.611. The second-order valence-electron chi connectivity index (χ2n) is 6.33. The highest BCUT2D eigenvalue weighted by atomic mass is 16.3. The van der Waals surface area contributed by atoms with Crippen molar-refractivity contribution in [2.45, 2.75) is 51.6 Å². The summed E-state index contributed by atoms with van der Waals surface area (Å²) in [6.07, 6.45) is 4.19. The fourth-order valence-electron chi connectivity index (χ4n) is 3.31. The van der Waals surface area contributed by atoms with Crippen LogP contribution in [0.3, 0.4) is 0 Å². The smallest absolute Gasteiger partial charge is 0.241 e. The molecule has 4 nitrogen and oxygen atoms in total. The number of aliphatic hydroxyl groups is 1. The highest BCUT2D eigenvalue weighted by Gasteiger charge is 2.27.